The summed E-state index contributed by atoms with van der Waals surface area (Å²) in [5.41, 5.74) is 8.68. The minimum Gasteiger partial charge on any atom is -0.370 e. The Bertz CT molecular complexity index is 1100. The number of rotatable bonds is 7. The molecule has 1 saturated heterocycles. The first kappa shape index (κ1) is 23.0. The lowest BCUT2D eigenvalue weighted by molar-refractivity contribution is -0.149. The van der Waals surface area contributed by atoms with Gasteiger partial charge in [0.05, 0.1) is 12.6 Å². The molecular weight excluding hydrogens is 418 g/mol. The van der Waals surface area contributed by atoms with Crippen molar-refractivity contribution in [2.45, 2.75) is 52.5 Å². The summed E-state index contributed by atoms with van der Waals surface area (Å²) in [6.45, 7) is 10.5. The van der Waals surface area contributed by atoms with E-state index >= 15 is 0 Å². The number of nitrogens with zero attached hydrogens (tertiary/aromatic N) is 2. The highest BCUT2D eigenvalue weighted by Crippen LogP contribution is 2.38. The van der Waals surface area contributed by atoms with Gasteiger partial charge in [-0.25, -0.2) is 0 Å². The van der Waals surface area contributed by atoms with Gasteiger partial charge in [-0.05, 0) is 60.8 Å². The number of hydrogen-bond donors (Lipinski definition) is 3. The number of H-pyrrole nitrogens is 1. The maximum Gasteiger partial charge on any atom is 0.249 e. The van der Waals surface area contributed by atoms with Gasteiger partial charge in [0.15, 0.2) is 0 Å². The summed E-state index contributed by atoms with van der Waals surface area (Å²) < 4.78 is 5.22. The molecule has 33 heavy (non-hydrogen) atoms. The second kappa shape index (κ2) is 9.39. The monoisotopic (exact) mass is 451 g/mol. The van der Waals surface area contributed by atoms with Crippen LogP contribution in [-0.4, -0.2) is 54.2 Å². The van der Waals surface area contributed by atoms with Crippen molar-refractivity contribution in [2.24, 2.45) is 10.5 Å². The van der Waals surface area contributed by atoms with Crippen molar-refractivity contribution in [3.05, 3.63) is 41.2 Å². The van der Waals surface area contributed by atoms with Crippen LogP contribution in [0.15, 0.2) is 40.6 Å². The molecule has 1 aromatic heterocycles. The number of anilines is 1. The highest BCUT2D eigenvalue weighted by molar-refractivity contribution is 5.96. The molecule has 3 N–H and O–H groups in total. The van der Waals surface area contributed by atoms with Gasteiger partial charge in [0.1, 0.15) is 13.2 Å². The number of fused-ring (bicyclic) bond motifs is 1. The Morgan fingerprint density at radius 2 is 2.18 bits per heavy atom. The van der Waals surface area contributed by atoms with Crippen molar-refractivity contribution < 1.29 is 14.3 Å². The van der Waals surface area contributed by atoms with Crippen LogP contribution in [0, 0.1) is 5.41 Å². The largest absolute Gasteiger partial charge is 0.370 e. The van der Waals surface area contributed by atoms with Crippen molar-refractivity contribution in [1.82, 2.24) is 15.3 Å². The van der Waals surface area contributed by atoms with Crippen LogP contribution < -0.4 is 10.7 Å². The number of carbonyl (C=O) groups is 2. The maximum absolute atomic E-state index is 12.5. The fraction of sp³-hybridized carbons (Fsp3) is 0.480. The van der Waals surface area contributed by atoms with Gasteiger partial charge in [-0.15, -0.1) is 0 Å². The third-order valence-corrected chi connectivity index (χ3v) is 6.52. The number of allylic oxidation sites excluding steroid dienone is 2. The summed E-state index contributed by atoms with van der Waals surface area (Å²) in [6.07, 6.45) is 3.95. The van der Waals surface area contributed by atoms with E-state index in [9.17, 15) is 9.59 Å². The molecule has 1 aromatic carbocycles. The van der Waals surface area contributed by atoms with Gasteiger partial charge in [0, 0.05) is 35.7 Å². The van der Waals surface area contributed by atoms with E-state index in [4.69, 9.17) is 4.74 Å². The molecule has 176 valence electrons. The van der Waals surface area contributed by atoms with Gasteiger partial charge in [0.2, 0.25) is 11.8 Å². The average Bonchev–Trinajstić information content (AvgIpc) is 3.14. The Morgan fingerprint density at radius 3 is 2.94 bits per heavy atom. The number of morpholine rings is 1. The third-order valence-electron chi connectivity index (χ3n) is 6.52. The molecule has 2 aliphatic rings. The lowest BCUT2D eigenvalue weighted by Gasteiger charge is -2.32. The molecule has 2 amide bonds. The van der Waals surface area contributed by atoms with Crippen LogP contribution in [0.2, 0.25) is 0 Å². The Balaban J connectivity index is 1.45. The van der Waals surface area contributed by atoms with E-state index in [1.54, 1.807) is 4.90 Å². The molecule has 1 atom stereocenters. The summed E-state index contributed by atoms with van der Waals surface area (Å²) in [6, 6.07) is 7.86. The van der Waals surface area contributed by atoms with Gasteiger partial charge in [-0.2, -0.15) is 5.10 Å². The van der Waals surface area contributed by atoms with Crippen LogP contribution in [0.4, 0.5) is 5.69 Å². The average molecular weight is 452 g/mol. The zero-order valence-electron chi connectivity index (χ0n) is 19.7. The number of benzene rings is 1. The molecule has 0 bridgehead atoms. The van der Waals surface area contributed by atoms with E-state index in [0.717, 1.165) is 42.3 Å². The number of nitrogens with one attached hydrogen (secondary N) is 3. The Kier molecular flexibility index (Phi) is 6.56. The van der Waals surface area contributed by atoms with E-state index in [0.29, 0.717) is 12.3 Å². The number of aromatic amines is 1. The number of aromatic nitrogens is 1. The minimum atomic E-state index is -0.217. The summed E-state index contributed by atoms with van der Waals surface area (Å²) in [7, 11) is 0. The molecule has 0 spiro atoms. The number of amides is 2. The van der Waals surface area contributed by atoms with Crippen molar-refractivity contribution in [3.63, 3.8) is 0 Å². The second-order valence-corrected chi connectivity index (χ2v) is 9.90. The summed E-state index contributed by atoms with van der Waals surface area (Å²) in [5.74, 6) is -0.375. The molecule has 8 heteroatoms. The molecule has 1 aliphatic heterocycles. The Morgan fingerprint density at radius 1 is 1.36 bits per heavy atom. The van der Waals surface area contributed by atoms with Crippen LogP contribution in [-0.2, 0) is 20.7 Å². The van der Waals surface area contributed by atoms with Crippen LogP contribution in [0.25, 0.3) is 10.9 Å². The van der Waals surface area contributed by atoms with Gasteiger partial charge in [0.25, 0.3) is 0 Å². The molecule has 2 heterocycles. The summed E-state index contributed by atoms with van der Waals surface area (Å²) in [4.78, 5) is 29.6. The van der Waals surface area contributed by atoms with E-state index in [2.05, 4.69) is 47.5 Å². The predicted octanol–water partition coefficient (Wildman–Crippen LogP) is 3.57. The molecule has 2 aromatic rings. The summed E-state index contributed by atoms with van der Waals surface area (Å²) >= 11 is 0. The lowest BCUT2D eigenvalue weighted by Crippen LogP contribution is -2.50. The molecule has 4 rings (SSSR count). The number of ether oxygens (including phenoxy) is 1. The smallest absolute Gasteiger partial charge is 0.249 e. The Labute approximate surface area is 194 Å². The summed E-state index contributed by atoms with van der Waals surface area (Å²) in [5, 5.41) is 7.91. The zero-order valence-corrected chi connectivity index (χ0v) is 19.7. The minimum absolute atomic E-state index is 0.0228. The highest BCUT2D eigenvalue weighted by Gasteiger charge is 2.28. The van der Waals surface area contributed by atoms with Crippen LogP contribution in [0.1, 0.15) is 45.7 Å². The fourth-order valence-corrected chi connectivity index (χ4v) is 4.67. The van der Waals surface area contributed by atoms with Crippen LogP contribution in [0.5, 0.6) is 0 Å². The maximum atomic E-state index is 12.5. The molecule has 8 nitrogen and oxygen atoms in total. The third kappa shape index (κ3) is 5.45. The van der Waals surface area contributed by atoms with Gasteiger partial charge < -0.3 is 19.9 Å². The molecular formula is C25H33N5O3. The molecule has 1 fully saturated rings. The van der Waals surface area contributed by atoms with Crippen molar-refractivity contribution in [3.8, 4) is 0 Å². The molecule has 0 unspecified atom stereocenters. The van der Waals surface area contributed by atoms with Gasteiger partial charge >= 0.3 is 0 Å². The molecule has 0 radical (unpaired) electrons. The standard InChI is InChI=1S/C25H33N5O3/c1-16-14-33-15-24(32)30(16)13-23(31)28-19-6-5-17-9-20(27-21(17)11-19)10-18-7-8-25(2,3)12-22(18)29-26-4/h5-6,9,11,16,27,29H,4,7-8,10,12-15H2,1-3H3,(H,28,31)/t16-/m1/s1. The van der Waals surface area contributed by atoms with Crippen molar-refractivity contribution in [2.75, 3.05) is 25.1 Å². The first-order valence-electron chi connectivity index (χ1n) is 11.5. The second-order valence-electron chi connectivity index (χ2n) is 9.90. The molecule has 1 aliphatic carbocycles. The van der Waals surface area contributed by atoms with E-state index in [1.165, 1.54) is 11.3 Å². The van der Waals surface area contributed by atoms with Crippen LogP contribution in [0.3, 0.4) is 0 Å². The quantitative estimate of drug-likeness (QED) is 0.443. The van der Waals surface area contributed by atoms with Gasteiger partial charge in [-0.1, -0.05) is 19.9 Å². The zero-order chi connectivity index (χ0) is 23.6. The van der Waals surface area contributed by atoms with Gasteiger partial charge in [-0.3, -0.25) is 15.0 Å². The van der Waals surface area contributed by atoms with E-state index in [-0.39, 0.29) is 36.4 Å². The first-order valence-corrected chi connectivity index (χ1v) is 11.5. The number of hydrazone groups is 1. The predicted molar refractivity (Wildman–Crippen MR) is 130 cm³/mol. The molecule has 0 saturated carbocycles. The fourth-order valence-electron chi connectivity index (χ4n) is 4.67. The first-order chi connectivity index (χ1) is 15.7. The topological polar surface area (TPSA) is 98.8 Å². The number of carbonyl (C=O) groups excluding carboxylic acids is 2. The van der Waals surface area contributed by atoms with Crippen LogP contribution >= 0.6 is 0 Å². The van der Waals surface area contributed by atoms with Crippen molar-refractivity contribution in [1.29, 1.82) is 0 Å². The highest BCUT2D eigenvalue weighted by atomic mass is 16.5. The Hall–Kier alpha value is -3.13. The van der Waals surface area contributed by atoms with E-state index in [1.807, 2.05) is 25.1 Å². The van der Waals surface area contributed by atoms with Crippen molar-refractivity contribution >= 4 is 35.1 Å². The number of hydrogen-bond acceptors (Lipinski definition) is 5. The lowest BCUT2D eigenvalue weighted by atomic mass is 9.76. The van der Waals surface area contributed by atoms with E-state index < -0.39 is 0 Å². The normalized spacial score (nSPS) is 20.8. The SMILES string of the molecule is C=NNC1=C(Cc2cc3ccc(NC(=O)CN4C(=O)COC[C@H]4C)cc3[nH]2)CCC(C)(C)C1.